The molecular formula is C4H9O7P3. The van der Waals surface area contributed by atoms with E-state index in [1.54, 1.807) is 0 Å². The van der Waals surface area contributed by atoms with Crippen molar-refractivity contribution in [3.8, 4) is 5.63 Å². The van der Waals surface area contributed by atoms with Gasteiger partial charge in [0.05, 0.1) is 0 Å². The van der Waals surface area contributed by atoms with Gasteiger partial charge >= 0.3 is 80.2 Å². The fourth-order valence-corrected chi connectivity index (χ4v) is 3.20. The first kappa shape index (κ1) is 14.3. The molecule has 7 nitrogen and oxygen atoms in total. The van der Waals surface area contributed by atoms with Gasteiger partial charge in [-0.2, -0.15) is 0 Å². The van der Waals surface area contributed by atoms with Gasteiger partial charge in [0.15, 0.2) is 0 Å². The Bertz CT molecular complexity index is 347. The quantitative estimate of drug-likeness (QED) is 0.532. The van der Waals surface area contributed by atoms with Gasteiger partial charge in [-0.1, -0.05) is 0 Å². The standard InChI is InChI=1S/C4H9O7P3/c5-12-1-4(2-13(6,7)8)3-14(9,10)11/h4H,2-3H2,(H2,6,7,8)(H2,9,10,11). The first-order chi connectivity index (χ1) is 6.14. The van der Waals surface area contributed by atoms with Crippen LogP contribution in [0.25, 0.3) is 0 Å². The van der Waals surface area contributed by atoms with Gasteiger partial charge < -0.3 is 0 Å². The molecule has 0 saturated carbocycles. The van der Waals surface area contributed by atoms with E-state index in [-0.39, 0.29) is 0 Å². The zero-order chi connectivity index (χ0) is 11.4. The third kappa shape index (κ3) is 8.89. The van der Waals surface area contributed by atoms with Crippen molar-refractivity contribution < 1.29 is 33.3 Å². The third-order valence-electron chi connectivity index (χ3n) is 1.15. The van der Waals surface area contributed by atoms with E-state index in [0.29, 0.717) is 0 Å². The molecule has 10 heteroatoms. The first-order valence-corrected chi connectivity index (χ1v) is 7.72. The SMILES string of the molecule is O=P#CC(CP(=O)(O)O)CP(=O)(O)O. The van der Waals surface area contributed by atoms with Crippen molar-refractivity contribution in [3.63, 3.8) is 0 Å². The predicted molar refractivity (Wildman–Crippen MR) is 48.8 cm³/mol. The Morgan fingerprint density at radius 1 is 1.07 bits per heavy atom. The third-order valence-corrected chi connectivity index (χ3v) is 3.46. The summed E-state index contributed by atoms with van der Waals surface area (Å²) in [6.45, 7) is 0. The summed E-state index contributed by atoms with van der Waals surface area (Å²) in [6.07, 6.45) is -1.54. The molecule has 0 atom stereocenters. The molecule has 0 aliphatic heterocycles. The van der Waals surface area contributed by atoms with E-state index in [2.05, 4.69) is 0 Å². The zero-order valence-electron chi connectivity index (χ0n) is 6.85. The molecule has 0 rings (SSSR count). The van der Waals surface area contributed by atoms with Gasteiger partial charge in [0.2, 0.25) is 0 Å². The predicted octanol–water partition coefficient (Wildman–Crippen LogP) is 0.209. The summed E-state index contributed by atoms with van der Waals surface area (Å²) in [6, 6.07) is 0. The van der Waals surface area contributed by atoms with Gasteiger partial charge in [0, 0.05) is 0 Å². The van der Waals surface area contributed by atoms with E-state index in [1.165, 1.54) is 0 Å². The Labute approximate surface area is 81.0 Å². The van der Waals surface area contributed by atoms with Crippen molar-refractivity contribution in [2.45, 2.75) is 0 Å². The average molecular weight is 262 g/mol. The maximum absolute atomic E-state index is 10.5. The van der Waals surface area contributed by atoms with Crippen molar-refractivity contribution in [1.82, 2.24) is 0 Å². The topological polar surface area (TPSA) is 132 Å². The summed E-state index contributed by atoms with van der Waals surface area (Å²) >= 11 is 0. The Morgan fingerprint density at radius 3 is 1.64 bits per heavy atom. The first-order valence-electron chi connectivity index (χ1n) is 3.31. The van der Waals surface area contributed by atoms with Crippen LogP contribution in [0.5, 0.6) is 0 Å². The van der Waals surface area contributed by atoms with Crippen molar-refractivity contribution in [2.75, 3.05) is 12.3 Å². The van der Waals surface area contributed by atoms with Gasteiger partial charge in [-0.15, -0.1) is 0 Å². The molecule has 0 aromatic heterocycles. The minimum absolute atomic E-state index is 0.636. The molecule has 0 fully saturated rings. The zero-order valence-corrected chi connectivity index (χ0v) is 9.53. The molecule has 0 spiro atoms. The fraction of sp³-hybridized carbons (Fsp3) is 0.750. The Kier molecular flexibility index (Phi) is 5.53. The van der Waals surface area contributed by atoms with Crippen LogP contribution in [0.4, 0.5) is 0 Å². The van der Waals surface area contributed by atoms with Gasteiger partial charge in [-0.25, -0.2) is 0 Å². The molecule has 0 unspecified atom stereocenters. The summed E-state index contributed by atoms with van der Waals surface area (Å²) in [7, 11) is -9.41. The van der Waals surface area contributed by atoms with Crippen LogP contribution in [0.3, 0.4) is 0 Å². The maximum atomic E-state index is 10.5. The van der Waals surface area contributed by atoms with E-state index in [9.17, 15) is 13.7 Å². The van der Waals surface area contributed by atoms with Crippen LogP contribution in [-0.2, 0) is 13.7 Å². The summed E-state index contributed by atoms with van der Waals surface area (Å²) in [5.41, 5.74) is 2.03. The second kappa shape index (κ2) is 5.41. The molecular weight excluding hydrogens is 253 g/mol. The van der Waals surface area contributed by atoms with Crippen LogP contribution in [-0.4, -0.2) is 31.9 Å². The van der Waals surface area contributed by atoms with Crippen LogP contribution < -0.4 is 0 Å². The molecule has 0 aromatic rings. The van der Waals surface area contributed by atoms with E-state index in [4.69, 9.17) is 19.6 Å². The summed E-state index contributed by atoms with van der Waals surface area (Å²) < 4.78 is 31.1. The van der Waals surface area contributed by atoms with E-state index < -0.39 is 41.3 Å². The van der Waals surface area contributed by atoms with Crippen LogP contribution in [0.1, 0.15) is 0 Å². The van der Waals surface area contributed by atoms with Gasteiger partial charge in [-0.05, 0) is 0 Å². The second-order valence-electron chi connectivity index (χ2n) is 2.61. The summed E-state index contributed by atoms with van der Waals surface area (Å²) in [5.74, 6) is -1.18. The van der Waals surface area contributed by atoms with Crippen LogP contribution >= 0.6 is 23.1 Å². The van der Waals surface area contributed by atoms with E-state index in [0.717, 1.165) is 0 Å². The summed E-state index contributed by atoms with van der Waals surface area (Å²) in [4.78, 5) is 34.1. The van der Waals surface area contributed by atoms with Crippen molar-refractivity contribution in [3.05, 3.63) is 0 Å². The van der Waals surface area contributed by atoms with Crippen LogP contribution in [0, 0.1) is 11.5 Å². The van der Waals surface area contributed by atoms with E-state index >= 15 is 0 Å². The van der Waals surface area contributed by atoms with Crippen molar-refractivity contribution in [2.24, 2.45) is 5.92 Å². The molecule has 14 heavy (non-hydrogen) atoms. The Morgan fingerprint density at radius 2 is 1.43 bits per heavy atom. The normalized spacial score (nSPS) is 12.6. The van der Waals surface area contributed by atoms with Gasteiger partial charge in [0.1, 0.15) is 0 Å². The molecule has 4 N–H and O–H groups in total. The molecule has 0 radical (unpaired) electrons. The molecule has 0 amide bonds. The Balaban J connectivity index is 4.61. The molecule has 0 aromatic carbocycles. The molecule has 0 aliphatic carbocycles. The minimum atomic E-state index is -4.39. The number of hydrogen-bond donors (Lipinski definition) is 4. The molecule has 82 valence electrons. The average Bonchev–Trinajstić information content (AvgIpc) is 1.78. The monoisotopic (exact) mass is 262 g/mol. The van der Waals surface area contributed by atoms with Gasteiger partial charge in [-0.3, -0.25) is 0 Å². The van der Waals surface area contributed by atoms with Crippen LogP contribution in [0.2, 0.25) is 0 Å². The second-order valence-corrected chi connectivity index (χ2v) is 6.44. The number of rotatable bonds is 4. The molecule has 0 saturated heterocycles. The fourth-order valence-electron chi connectivity index (χ4n) is 0.788. The molecule has 0 heterocycles. The number of hydrogen-bond acceptors (Lipinski definition) is 3. The van der Waals surface area contributed by atoms with Crippen LogP contribution in [0.15, 0.2) is 0 Å². The van der Waals surface area contributed by atoms with Gasteiger partial charge in [0.25, 0.3) is 0 Å². The van der Waals surface area contributed by atoms with Crippen molar-refractivity contribution in [1.29, 1.82) is 0 Å². The van der Waals surface area contributed by atoms with Crippen molar-refractivity contribution >= 4 is 23.1 Å². The molecule has 0 aliphatic rings. The molecule has 0 bridgehead atoms. The Hall–Kier alpha value is 0.310. The summed E-state index contributed by atoms with van der Waals surface area (Å²) in [5, 5.41) is 0. The van der Waals surface area contributed by atoms with E-state index in [1.807, 2.05) is 5.63 Å².